The van der Waals surface area contributed by atoms with Gasteiger partial charge in [0.25, 0.3) is 5.91 Å². The highest BCUT2D eigenvalue weighted by Gasteiger charge is 2.31. The number of hydrogen-bond acceptors (Lipinski definition) is 3. The molecule has 1 atom stereocenters. The number of morpholine rings is 1. The summed E-state index contributed by atoms with van der Waals surface area (Å²) >= 11 is 0. The van der Waals surface area contributed by atoms with E-state index in [1.54, 1.807) is 6.20 Å². The normalized spacial score (nSPS) is 22.7. The Balaban J connectivity index is 1.55. The van der Waals surface area contributed by atoms with Crippen LogP contribution >= 0.6 is 0 Å². The van der Waals surface area contributed by atoms with Gasteiger partial charge in [-0.15, -0.1) is 0 Å². The first kappa shape index (κ1) is 13.8. The summed E-state index contributed by atoms with van der Waals surface area (Å²) < 4.78 is 5.62. The van der Waals surface area contributed by atoms with Crippen molar-refractivity contribution < 1.29 is 9.53 Å². The summed E-state index contributed by atoms with van der Waals surface area (Å²) in [5, 5.41) is 7.92. The second-order valence-electron chi connectivity index (χ2n) is 6.43. The molecule has 1 N–H and O–H groups in total. The predicted octanol–water partition coefficient (Wildman–Crippen LogP) is 2.59. The first-order valence-corrected chi connectivity index (χ1v) is 8.13. The van der Waals surface area contributed by atoms with E-state index in [1.807, 2.05) is 23.1 Å². The number of aromatic amines is 1. The minimum atomic E-state index is 0.121. The molecule has 2 aromatic rings. The number of ether oxygens (including phenoxy) is 1. The van der Waals surface area contributed by atoms with Crippen molar-refractivity contribution in [2.45, 2.75) is 31.7 Å². The number of nitrogens with one attached hydrogen (secondary N) is 1. The van der Waals surface area contributed by atoms with Crippen LogP contribution in [0.1, 0.15) is 36.0 Å². The molecule has 22 heavy (non-hydrogen) atoms. The highest BCUT2D eigenvalue weighted by Crippen LogP contribution is 2.32. The van der Waals surface area contributed by atoms with Crippen LogP contribution in [0.5, 0.6) is 0 Å². The van der Waals surface area contributed by atoms with E-state index in [0.717, 1.165) is 28.8 Å². The number of benzene rings is 1. The molecular weight excluding hydrogens is 278 g/mol. The van der Waals surface area contributed by atoms with Gasteiger partial charge < -0.3 is 9.64 Å². The molecule has 0 spiro atoms. The van der Waals surface area contributed by atoms with E-state index >= 15 is 0 Å². The molecule has 4 rings (SSSR count). The number of carbonyl (C=O) groups is 1. The largest absolute Gasteiger partial charge is 0.377 e. The molecule has 2 fully saturated rings. The summed E-state index contributed by atoms with van der Waals surface area (Å²) in [6.45, 7) is 2.01. The highest BCUT2D eigenvalue weighted by atomic mass is 16.5. The number of amides is 1. The van der Waals surface area contributed by atoms with E-state index in [2.05, 4.69) is 10.2 Å². The van der Waals surface area contributed by atoms with Crippen LogP contribution in [0, 0.1) is 5.92 Å². The molecule has 1 saturated heterocycles. The van der Waals surface area contributed by atoms with E-state index in [0.29, 0.717) is 19.8 Å². The highest BCUT2D eigenvalue weighted by molar-refractivity contribution is 5.98. The van der Waals surface area contributed by atoms with E-state index in [9.17, 15) is 4.79 Å². The predicted molar refractivity (Wildman–Crippen MR) is 83.7 cm³/mol. The van der Waals surface area contributed by atoms with Gasteiger partial charge in [-0.1, -0.05) is 19.3 Å². The van der Waals surface area contributed by atoms with E-state index < -0.39 is 0 Å². The second-order valence-corrected chi connectivity index (χ2v) is 6.43. The summed E-state index contributed by atoms with van der Waals surface area (Å²) in [6, 6.07) is 5.97. The van der Waals surface area contributed by atoms with Crippen molar-refractivity contribution in [3.63, 3.8) is 0 Å². The molecule has 5 nitrogen and oxygen atoms in total. The lowest BCUT2D eigenvalue weighted by atomic mass is 9.80. The zero-order chi connectivity index (χ0) is 14.9. The van der Waals surface area contributed by atoms with Crippen LogP contribution < -0.4 is 0 Å². The van der Waals surface area contributed by atoms with Gasteiger partial charge in [-0.25, -0.2) is 0 Å². The van der Waals surface area contributed by atoms with E-state index in [-0.39, 0.29) is 11.9 Å². The molecule has 1 aliphatic heterocycles. The lowest BCUT2D eigenvalue weighted by Gasteiger charge is -2.39. The third-order valence-corrected chi connectivity index (χ3v) is 5.01. The Morgan fingerprint density at radius 1 is 1.41 bits per heavy atom. The first-order chi connectivity index (χ1) is 10.8. The average molecular weight is 299 g/mol. The Hall–Kier alpha value is -1.88. The summed E-state index contributed by atoms with van der Waals surface area (Å²) in [7, 11) is 0. The molecule has 0 radical (unpaired) electrons. The van der Waals surface area contributed by atoms with Crippen molar-refractivity contribution in [1.82, 2.24) is 15.1 Å². The molecular formula is C17H21N3O2. The summed E-state index contributed by atoms with van der Waals surface area (Å²) in [5.74, 6) is 0.897. The van der Waals surface area contributed by atoms with Gasteiger partial charge >= 0.3 is 0 Å². The number of carbonyl (C=O) groups excluding carboxylic acids is 1. The molecule has 1 amide bonds. The van der Waals surface area contributed by atoms with Crippen LogP contribution in [0.3, 0.4) is 0 Å². The standard InChI is InChI=1S/C17H21N3O2/c21-17(13-4-5-16-14(9-13)10-18-19-16)20-6-7-22-11-15(20)8-12-2-1-3-12/h4-5,9-10,12,15H,1-3,6-8,11H2,(H,18,19)/t15-/m0/s1. The quantitative estimate of drug-likeness (QED) is 0.947. The molecule has 5 heteroatoms. The van der Waals surface area contributed by atoms with Gasteiger partial charge in [-0.05, 0) is 30.5 Å². The van der Waals surface area contributed by atoms with Gasteiger partial charge in [-0.3, -0.25) is 9.89 Å². The summed E-state index contributed by atoms with van der Waals surface area (Å²) in [6.07, 6.45) is 6.79. The van der Waals surface area contributed by atoms with Gasteiger partial charge in [0.15, 0.2) is 0 Å². The second kappa shape index (κ2) is 5.72. The molecule has 0 unspecified atom stereocenters. The van der Waals surface area contributed by atoms with E-state index in [4.69, 9.17) is 4.74 Å². The van der Waals surface area contributed by atoms with Crippen LogP contribution in [0.4, 0.5) is 0 Å². The smallest absolute Gasteiger partial charge is 0.254 e. The molecule has 0 bridgehead atoms. The molecule has 2 heterocycles. The lowest BCUT2D eigenvalue weighted by Crippen LogP contribution is -2.49. The fourth-order valence-electron chi connectivity index (χ4n) is 3.47. The molecule has 1 aromatic carbocycles. The van der Waals surface area contributed by atoms with Crippen LogP contribution in [0.2, 0.25) is 0 Å². The van der Waals surface area contributed by atoms with Gasteiger partial charge in [0, 0.05) is 17.5 Å². The minimum Gasteiger partial charge on any atom is -0.377 e. The minimum absolute atomic E-state index is 0.121. The zero-order valence-electron chi connectivity index (χ0n) is 12.6. The molecule has 1 aliphatic carbocycles. The summed E-state index contributed by atoms with van der Waals surface area (Å²) in [5.41, 5.74) is 1.71. The maximum atomic E-state index is 12.9. The Labute approximate surface area is 129 Å². The first-order valence-electron chi connectivity index (χ1n) is 8.13. The van der Waals surface area contributed by atoms with Gasteiger partial charge in [-0.2, -0.15) is 5.10 Å². The third-order valence-electron chi connectivity index (χ3n) is 5.01. The van der Waals surface area contributed by atoms with Crippen LogP contribution in [-0.4, -0.2) is 46.8 Å². The van der Waals surface area contributed by atoms with Crippen molar-refractivity contribution in [3.05, 3.63) is 30.0 Å². The van der Waals surface area contributed by atoms with Gasteiger partial charge in [0.1, 0.15) is 0 Å². The maximum absolute atomic E-state index is 12.9. The molecule has 116 valence electrons. The topological polar surface area (TPSA) is 58.2 Å². The number of nitrogens with zero attached hydrogens (tertiary/aromatic N) is 2. The maximum Gasteiger partial charge on any atom is 0.254 e. The molecule has 2 aliphatic rings. The monoisotopic (exact) mass is 299 g/mol. The summed E-state index contributed by atoms with van der Waals surface area (Å²) in [4.78, 5) is 14.9. The fourth-order valence-corrected chi connectivity index (χ4v) is 3.47. The van der Waals surface area contributed by atoms with E-state index in [1.165, 1.54) is 19.3 Å². The van der Waals surface area contributed by atoms with Crippen LogP contribution in [-0.2, 0) is 4.74 Å². The average Bonchev–Trinajstić information content (AvgIpc) is 2.98. The van der Waals surface area contributed by atoms with Gasteiger partial charge in [0.2, 0.25) is 0 Å². The number of rotatable bonds is 3. The van der Waals surface area contributed by atoms with Crippen molar-refractivity contribution in [1.29, 1.82) is 0 Å². The lowest BCUT2D eigenvalue weighted by molar-refractivity contribution is -0.0124. The zero-order valence-corrected chi connectivity index (χ0v) is 12.6. The van der Waals surface area contributed by atoms with Crippen molar-refractivity contribution in [2.24, 2.45) is 5.92 Å². The van der Waals surface area contributed by atoms with Crippen LogP contribution in [0.15, 0.2) is 24.4 Å². The van der Waals surface area contributed by atoms with Crippen molar-refractivity contribution >= 4 is 16.8 Å². The number of hydrogen-bond donors (Lipinski definition) is 1. The van der Waals surface area contributed by atoms with Crippen molar-refractivity contribution in [2.75, 3.05) is 19.8 Å². The van der Waals surface area contributed by atoms with Gasteiger partial charge in [0.05, 0.1) is 31.0 Å². The Morgan fingerprint density at radius 2 is 2.32 bits per heavy atom. The molecule has 1 saturated carbocycles. The SMILES string of the molecule is O=C(c1ccc2[nH]ncc2c1)N1CCOC[C@@H]1CC1CCC1. The Bertz CT molecular complexity index is 677. The number of aromatic nitrogens is 2. The van der Waals surface area contributed by atoms with Crippen molar-refractivity contribution in [3.8, 4) is 0 Å². The Morgan fingerprint density at radius 3 is 3.14 bits per heavy atom. The Kier molecular flexibility index (Phi) is 3.58. The molecule has 1 aromatic heterocycles. The number of H-pyrrole nitrogens is 1. The fraction of sp³-hybridized carbons (Fsp3) is 0.529. The van der Waals surface area contributed by atoms with Crippen LogP contribution in [0.25, 0.3) is 10.9 Å². The number of fused-ring (bicyclic) bond motifs is 1. The third kappa shape index (κ3) is 2.50.